The normalized spacial score (nSPS) is 32.3. The van der Waals surface area contributed by atoms with Crippen LogP contribution in [0.4, 0.5) is 0 Å². The molecule has 3 heterocycles. The summed E-state index contributed by atoms with van der Waals surface area (Å²) in [6.07, 6.45) is 4.00. The SMILES string of the molecule is CCCC(C)NC(=O)C1N([C@@H](CC)CO)C(=O)[C@@H]2[C@@H](C(=O)NCc3ccccc3)[C@@]3(CC)CCC12O3. The second-order valence-electron chi connectivity index (χ2n) is 10.7. The molecule has 1 aromatic carbocycles. The Balaban J connectivity index is 1.69. The van der Waals surface area contributed by atoms with Crippen LogP contribution in [0.5, 0.6) is 0 Å². The molecule has 3 amide bonds. The van der Waals surface area contributed by atoms with Crippen molar-refractivity contribution >= 4 is 17.7 Å². The fourth-order valence-electron chi connectivity index (χ4n) is 6.88. The molecule has 0 saturated carbocycles. The van der Waals surface area contributed by atoms with Crippen LogP contribution < -0.4 is 10.6 Å². The van der Waals surface area contributed by atoms with Crippen molar-refractivity contribution in [3.05, 3.63) is 35.9 Å². The lowest BCUT2D eigenvalue weighted by atomic mass is 9.65. The predicted octanol–water partition coefficient (Wildman–Crippen LogP) is 2.53. The minimum Gasteiger partial charge on any atom is -0.394 e. The molecule has 0 aromatic heterocycles. The van der Waals surface area contributed by atoms with Crippen molar-refractivity contribution in [2.75, 3.05) is 6.61 Å². The number of hydrogen-bond donors (Lipinski definition) is 3. The Hall–Kier alpha value is -2.45. The van der Waals surface area contributed by atoms with Crippen LogP contribution >= 0.6 is 0 Å². The van der Waals surface area contributed by atoms with E-state index in [1.165, 1.54) is 0 Å². The number of fused-ring (bicyclic) bond motifs is 1. The lowest BCUT2D eigenvalue weighted by molar-refractivity contribution is -0.151. The number of benzene rings is 1. The molecule has 1 aromatic rings. The van der Waals surface area contributed by atoms with Gasteiger partial charge in [-0.2, -0.15) is 0 Å². The maximum Gasteiger partial charge on any atom is 0.246 e. The fourth-order valence-corrected chi connectivity index (χ4v) is 6.88. The number of rotatable bonds is 11. The molecule has 3 aliphatic rings. The third-order valence-electron chi connectivity index (χ3n) is 8.64. The molecule has 3 saturated heterocycles. The van der Waals surface area contributed by atoms with Crippen molar-refractivity contribution < 1.29 is 24.2 Å². The third-order valence-corrected chi connectivity index (χ3v) is 8.64. The van der Waals surface area contributed by atoms with Crippen LogP contribution in [0.3, 0.4) is 0 Å². The van der Waals surface area contributed by atoms with Crippen LogP contribution in [0, 0.1) is 11.8 Å². The number of aliphatic hydroxyl groups is 1. The maximum atomic E-state index is 14.1. The van der Waals surface area contributed by atoms with E-state index >= 15 is 0 Å². The van der Waals surface area contributed by atoms with Crippen LogP contribution in [-0.2, 0) is 25.7 Å². The number of aliphatic hydroxyl groups excluding tert-OH is 1. The number of nitrogens with one attached hydrogen (secondary N) is 2. The topological polar surface area (TPSA) is 108 Å². The summed E-state index contributed by atoms with van der Waals surface area (Å²) in [5.41, 5.74) is -0.870. The molecule has 3 unspecified atom stereocenters. The zero-order valence-electron chi connectivity index (χ0n) is 22.0. The highest BCUT2D eigenvalue weighted by Gasteiger charge is 2.79. The quantitative estimate of drug-likeness (QED) is 0.434. The number of carbonyl (C=O) groups excluding carboxylic acids is 3. The molecular weight excluding hydrogens is 458 g/mol. The van der Waals surface area contributed by atoms with E-state index < -0.39 is 35.1 Å². The van der Waals surface area contributed by atoms with E-state index in [0.717, 1.165) is 18.4 Å². The molecule has 36 heavy (non-hydrogen) atoms. The van der Waals surface area contributed by atoms with E-state index in [4.69, 9.17) is 4.74 Å². The van der Waals surface area contributed by atoms with Gasteiger partial charge >= 0.3 is 0 Å². The summed E-state index contributed by atoms with van der Waals surface area (Å²) in [6, 6.07) is 8.23. The minimum atomic E-state index is -1.07. The molecule has 3 fully saturated rings. The molecule has 8 nitrogen and oxygen atoms in total. The second kappa shape index (κ2) is 10.5. The van der Waals surface area contributed by atoms with Crippen LogP contribution in [0.15, 0.2) is 30.3 Å². The fraction of sp³-hybridized carbons (Fsp3) is 0.679. The number of carbonyl (C=O) groups is 3. The van der Waals surface area contributed by atoms with Crippen LogP contribution in [0.2, 0.25) is 0 Å². The molecule has 1 spiro atoms. The zero-order chi connectivity index (χ0) is 26.1. The molecule has 8 heteroatoms. The van der Waals surface area contributed by atoms with Crippen molar-refractivity contribution in [1.29, 1.82) is 0 Å². The number of nitrogens with zero attached hydrogens (tertiary/aromatic N) is 1. The Kier molecular flexibility index (Phi) is 7.76. The Morgan fingerprint density at radius 1 is 1.17 bits per heavy atom. The molecule has 3 aliphatic heterocycles. The highest BCUT2D eigenvalue weighted by Crippen LogP contribution is 2.64. The van der Waals surface area contributed by atoms with Gasteiger partial charge in [-0.3, -0.25) is 14.4 Å². The molecular formula is C28H41N3O5. The first-order valence-electron chi connectivity index (χ1n) is 13.5. The minimum absolute atomic E-state index is 0.0483. The first-order chi connectivity index (χ1) is 17.3. The summed E-state index contributed by atoms with van der Waals surface area (Å²) in [5.74, 6) is -2.15. The van der Waals surface area contributed by atoms with Gasteiger partial charge in [-0.1, -0.05) is 57.5 Å². The van der Waals surface area contributed by atoms with E-state index in [1.807, 2.05) is 51.1 Å². The van der Waals surface area contributed by atoms with Gasteiger partial charge < -0.3 is 25.4 Å². The van der Waals surface area contributed by atoms with E-state index in [2.05, 4.69) is 17.6 Å². The third kappa shape index (κ3) is 4.22. The monoisotopic (exact) mass is 499 g/mol. The molecule has 4 rings (SSSR count). The maximum absolute atomic E-state index is 14.1. The predicted molar refractivity (Wildman–Crippen MR) is 136 cm³/mol. The Morgan fingerprint density at radius 2 is 1.89 bits per heavy atom. The standard InChI is InChI=1S/C28H41N3O5/c1-5-11-18(4)30-25(34)23-28-15-14-27(7-3,36-28)21(22(28)26(35)31(23)20(6-2)17-32)24(33)29-16-19-12-9-8-10-13-19/h8-10,12-13,18,20-23,32H,5-7,11,14-17H2,1-4H3,(H,29,33)(H,30,34)/t18?,20-,21-,22-,23?,27+,28?/m0/s1. The first kappa shape index (κ1) is 26.6. The van der Waals surface area contributed by atoms with E-state index in [9.17, 15) is 19.5 Å². The lowest BCUT2D eigenvalue weighted by Gasteiger charge is -2.37. The number of likely N-dealkylation sites (tertiary alicyclic amines) is 1. The molecule has 198 valence electrons. The summed E-state index contributed by atoms with van der Waals surface area (Å²) in [6.45, 7) is 8.02. The summed E-state index contributed by atoms with van der Waals surface area (Å²) < 4.78 is 6.76. The van der Waals surface area contributed by atoms with Crippen LogP contribution in [0.25, 0.3) is 0 Å². The lowest BCUT2D eigenvalue weighted by Crippen LogP contribution is -2.59. The van der Waals surface area contributed by atoms with Crippen LogP contribution in [0.1, 0.15) is 71.8 Å². The summed E-state index contributed by atoms with van der Waals surface area (Å²) in [5, 5.41) is 16.3. The van der Waals surface area contributed by atoms with Crippen molar-refractivity contribution in [2.24, 2.45) is 11.8 Å². The van der Waals surface area contributed by atoms with E-state index in [0.29, 0.717) is 32.2 Å². The van der Waals surface area contributed by atoms with Gasteiger partial charge in [-0.05, 0) is 44.6 Å². The van der Waals surface area contributed by atoms with Crippen molar-refractivity contribution in [3.63, 3.8) is 0 Å². The smallest absolute Gasteiger partial charge is 0.246 e. The van der Waals surface area contributed by atoms with Crippen molar-refractivity contribution in [3.8, 4) is 0 Å². The molecule has 3 N–H and O–H groups in total. The highest BCUT2D eigenvalue weighted by molar-refractivity contribution is 5.99. The number of hydrogen-bond acceptors (Lipinski definition) is 5. The van der Waals surface area contributed by atoms with E-state index in [1.54, 1.807) is 4.90 Å². The molecule has 0 radical (unpaired) electrons. The van der Waals surface area contributed by atoms with Gasteiger partial charge in [0.15, 0.2) is 0 Å². The largest absolute Gasteiger partial charge is 0.394 e. The molecule has 7 atom stereocenters. The van der Waals surface area contributed by atoms with Gasteiger partial charge in [0.1, 0.15) is 11.6 Å². The first-order valence-corrected chi connectivity index (χ1v) is 13.5. The van der Waals surface area contributed by atoms with Gasteiger partial charge in [0.25, 0.3) is 0 Å². The van der Waals surface area contributed by atoms with E-state index in [-0.39, 0.29) is 30.4 Å². The van der Waals surface area contributed by atoms with Gasteiger partial charge in [0.2, 0.25) is 17.7 Å². The van der Waals surface area contributed by atoms with Gasteiger partial charge in [0.05, 0.1) is 30.1 Å². The average Bonchev–Trinajstić information content (AvgIpc) is 3.48. The molecule has 0 aliphatic carbocycles. The Morgan fingerprint density at radius 3 is 2.50 bits per heavy atom. The number of ether oxygens (including phenoxy) is 1. The summed E-state index contributed by atoms with van der Waals surface area (Å²) in [7, 11) is 0. The van der Waals surface area contributed by atoms with Gasteiger partial charge in [0, 0.05) is 12.6 Å². The summed E-state index contributed by atoms with van der Waals surface area (Å²) >= 11 is 0. The van der Waals surface area contributed by atoms with Gasteiger partial charge in [-0.15, -0.1) is 0 Å². The zero-order valence-corrected chi connectivity index (χ0v) is 22.0. The average molecular weight is 500 g/mol. The molecule has 2 bridgehead atoms. The van der Waals surface area contributed by atoms with Crippen molar-refractivity contribution in [2.45, 2.75) is 102 Å². The Labute approximate surface area is 214 Å². The number of amides is 3. The summed E-state index contributed by atoms with van der Waals surface area (Å²) in [4.78, 5) is 43.1. The van der Waals surface area contributed by atoms with Gasteiger partial charge in [-0.25, -0.2) is 0 Å². The second-order valence-corrected chi connectivity index (χ2v) is 10.7. The highest BCUT2D eigenvalue weighted by atomic mass is 16.5. The Bertz CT molecular complexity index is 967. The van der Waals surface area contributed by atoms with Crippen molar-refractivity contribution in [1.82, 2.24) is 15.5 Å². The van der Waals surface area contributed by atoms with Crippen LogP contribution in [-0.4, -0.2) is 63.7 Å².